The molecule has 1 aromatic heterocycles. The molecule has 1 atom stereocenters. The number of hydrogen-bond donors (Lipinski definition) is 3. The molecule has 7 nitrogen and oxygen atoms in total. The van der Waals surface area contributed by atoms with Gasteiger partial charge in [0.2, 0.25) is 5.91 Å². The molecule has 0 aliphatic heterocycles. The lowest BCUT2D eigenvalue weighted by Gasteiger charge is -2.30. The van der Waals surface area contributed by atoms with E-state index >= 15 is 0 Å². The predicted molar refractivity (Wildman–Crippen MR) is 69.9 cm³/mol. The topological polar surface area (TPSA) is 110 Å². The zero-order chi connectivity index (χ0) is 13.7. The molecule has 2 rings (SSSR count). The molecule has 0 aromatic carbocycles. The number of nitrogens with two attached hydrogens (primary N) is 1. The van der Waals surface area contributed by atoms with Crippen molar-refractivity contribution in [2.45, 2.75) is 51.5 Å². The number of hydrogen-bond acceptors (Lipinski definition) is 5. The first-order chi connectivity index (χ1) is 9.18. The number of H-pyrrole nitrogens is 1. The summed E-state index contributed by atoms with van der Waals surface area (Å²) >= 11 is 0. The maximum atomic E-state index is 12.5. The van der Waals surface area contributed by atoms with Gasteiger partial charge in [-0.2, -0.15) is 5.21 Å². The lowest BCUT2D eigenvalue weighted by molar-refractivity contribution is -0.132. The zero-order valence-electron chi connectivity index (χ0n) is 11.4. The molecule has 0 radical (unpaired) electrons. The maximum Gasteiger partial charge on any atom is 0.228 e. The highest BCUT2D eigenvalue weighted by Gasteiger charge is 2.38. The van der Waals surface area contributed by atoms with Crippen LogP contribution in [0.5, 0.6) is 0 Å². The van der Waals surface area contributed by atoms with Gasteiger partial charge in [0, 0.05) is 6.54 Å². The molecular formula is C12H22N6O. The fraction of sp³-hybridized carbons (Fsp3) is 0.833. The quantitative estimate of drug-likeness (QED) is 0.694. The van der Waals surface area contributed by atoms with Crippen molar-refractivity contribution in [3.8, 4) is 0 Å². The van der Waals surface area contributed by atoms with Gasteiger partial charge in [-0.3, -0.25) is 4.79 Å². The summed E-state index contributed by atoms with van der Waals surface area (Å²) in [4.78, 5) is 12.5. The molecule has 4 N–H and O–H groups in total. The molecule has 1 heterocycles. The van der Waals surface area contributed by atoms with E-state index in [0.717, 1.165) is 25.7 Å². The monoisotopic (exact) mass is 266 g/mol. The minimum Gasteiger partial charge on any atom is -0.346 e. The van der Waals surface area contributed by atoms with E-state index in [1.807, 2.05) is 6.92 Å². The second-order valence-electron chi connectivity index (χ2n) is 5.36. The number of tetrazole rings is 1. The summed E-state index contributed by atoms with van der Waals surface area (Å²) in [5.41, 5.74) is 5.47. The Morgan fingerprint density at radius 1 is 1.42 bits per heavy atom. The van der Waals surface area contributed by atoms with Crippen molar-refractivity contribution in [3.05, 3.63) is 5.82 Å². The molecule has 1 aliphatic carbocycles. The van der Waals surface area contributed by atoms with Gasteiger partial charge in [0.25, 0.3) is 0 Å². The van der Waals surface area contributed by atoms with Gasteiger partial charge in [-0.1, -0.05) is 30.9 Å². The first-order valence-corrected chi connectivity index (χ1v) is 6.92. The zero-order valence-corrected chi connectivity index (χ0v) is 11.4. The summed E-state index contributed by atoms with van der Waals surface area (Å²) in [5, 5.41) is 16.6. The summed E-state index contributed by atoms with van der Waals surface area (Å²) in [6, 6.07) is -0.252. The average molecular weight is 266 g/mol. The van der Waals surface area contributed by atoms with E-state index in [9.17, 15) is 4.79 Å². The molecule has 7 heteroatoms. The fourth-order valence-electron chi connectivity index (χ4n) is 2.70. The highest BCUT2D eigenvalue weighted by atomic mass is 16.2. The lowest BCUT2D eigenvalue weighted by atomic mass is 9.79. The largest absolute Gasteiger partial charge is 0.346 e. The Morgan fingerprint density at radius 3 is 2.63 bits per heavy atom. The molecule has 1 unspecified atom stereocenters. The van der Waals surface area contributed by atoms with Crippen LogP contribution in [0.4, 0.5) is 0 Å². The van der Waals surface area contributed by atoms with Crippen molar-refractivity contribution in [1.82, 2.24) is 25.9 Å². The Labute approximate surface area is 112 Å². The third kappa shape index (κ3) is 3.09. The Morgan fingerprint density at radius 2 is 2.11 bits per heavy atom. The van der Waals surface area contributed by atoms with Crippen LogP contribution < -0.4 is 11.1 Å². The van der Waals surface area contributed by atoms with Gasteiger partial charge in [0.1, 0.15) is 0 Å². The summed E-state index contributed by atoms with van der Waals surface area (Å²) in [6.07, 6.45) is 6.26. The minimum atomic E-state index is -0.422. The number of rotatable bonds is 4. The molecule has 1 amide bonds. The highest BCUT2D eigenvalue weighted by Crippen LogP contribution is 2.34. The number of nitrogens with one attached hydrogen (secondary N) is 2. The van der Waals surface area contributed by atoms with Crippen LogP contribution in [-0.4, -0.2) is 33.1 Å². The number of carbonyl (C=O) groups excluding carboxylic acids is 1. The van der Waals surface area contributed by atoms with Crippen molar-refractivity contribution in [1.29, 1.82) is 0 Å². The van der Waals surface area contributed by atoms with Crippen molar-refractivity contribution >= 4 is 5.91 Å². The van der Waals surface area contributed by atoms with Crippen LogP contribution in [0.2, 0.25) is 0 Å². The van der Waals surface area contributed by atoms with E-state index in [1.54, 1.807) is 0 Å². The number of aromatic amines is 1. The Kier molecular flexibility index (Phi) is 4.47. The minimum absolute atomic E-state index is 0.0224. The Balaban J connectivity index is 2.03. The summed E-state index contributed by atoms with van der Waals surface area (Å²) in [6.45, 7) is 2.25. The van der Waals surface area contributed by atoms with Crippen LogP contribution in [0.3, 0.4) is 0 Å². The van der Waals surface area contributed by atoms with Crippen molar-refractivity contribution in [2.24, 2.45) is 11.1 Å². The van der Waals surface area contributed by atoms with Gasteiger partial charge in [0.05, 0.1) is 11.5 Å². The average Bonchev–Trinajstić information content (AvgIpc) is 2.84. The van der Waals surface area contributed by atoms with Crippen molar-refractivity contribution < 1.29 is 4.79 Å². The first-order valence-electron chi connectivity index (χ1n) is 6.92. The normalized spacial score (nSPS) is 20.5. The second kappa shape index (κ2) is 6.10. The molecule has 1 aliphatic rings. The van der Waals surface area contributed by atoms with Crippen LogP contribution in [0, 0.1) is 5.41 Å². The van der Waals surface area contributed by atoms with Gasteiger partial charge < -0.3 is 11.1 Å². The van der Waals surface area contributed by atoms with Crippen LogP contribution >= 0.6 is 0 Å². The van der Waals surface area contributed by atoms with E-state index in [1.165, 1.54) is 12.8 Å². The van der Waals surface area contributed by atoms with Crippen LogP contribution in [0.1, 0.15) is 57.3 Å². The standard InChI is InChI=1S/C12H22N6O/c1-9(10-15-17-18-16-10)14-11(19)12(8-13)6-4-2-3-5-7-12/h9H,2-8,13H2,1H3,(H,14,19)(H,15,16,17,18). The van der Waals surface area contributed by atoms with Gasteiger partial charge in [-0.05, 0) is 19.8 Å². The molecule has 1 aromatic rings. The maximum absolute atomic E-state index is 12.5. The lowest BCUT2D eigenvalue weighted by Crippen LogP contribution is -2.46. The third-order valence-corrected chi connectivity index (χ3v) is 4.03. The molecule has 0 saturated heterocycles. The number of nitrogens with zero attached hydrogens (tertiary/aromatic N) is 3. The van der Waals surface area contributed by atoms with E-state index in [-0.39, 0.29) is 11.9 Å². The summed E-state index contributed by atoms with van der Waals surface area (Å²) in [7, 11) is 0. The summed E-state index contributed by atoms with van der Waals surface area (Å²) < 4.78 is 0. The van der Waals surface area contributed by atoms with Crippen LogP contribution in [-0.2, 0) is 4.79 Å². The molecule has 1 saturated carbocycles. The third-order valence-electron chi connectivity index (χ3n) is 4.03. The molecular weight excluding hydrogens is 244 g/mol. The SMILES string of the molecule is CC(NC(=O)C1(CN)CCCCCC1)c1nn[nH]n1. The number of amides is 1. The van der Waals surface area contributed by atoms with Crippen molar-refractivity contribution in [2.75, 3.05) is 6.54 Å². The Hall–Kier alpha value is -1.50. The smallest absolute Gasteiger partial charge is 0.228 e. The molecule has 19 heavy (non-hydrogen) atoms. The second-order valence-corrected chi connectivity index (χ2v) is 5.36. The van der Waals surface area contributed by atoms with Gasteiger partial charge in [-0.15, -0.1) is 10.2 Å². The van der Waals surface area contributed by atoms with E-state index in [4.69, 9.17) is 5.73 Å². The number of aromatic nitrogens is 4. The van der Waals surface area contributed by atoms with Crippen LogP contribution in [0.15, 0.2) is 0 Å². The Bertz CT molecular complexity index is 396. The predicted octanol–water partition coefficient (Wildman–Crippen LogP) is 0.676. The first kappa shape index (κ1) is 13.9. The number of carbonyl (C=O) groups is 1. The molecule has 0 bridgehead atoms. The molecule has 0 spiro atoms. The van der Waals surface area contributed by atoms with E-state index < -0.39 is 5.41 Å². The van der Waals surface area contributed by atoms with E-state index in [2.05, 4.69) is 25.9 Å². The van der Waals surface area contributed by atoms with Crippen LogP contribution in [0.25, 0.3) is 0 Å². The fourth-order valence-corrected chi connectivity index (χ4v) is 2.70. The van der Waals surface area contributed by atoms with E-state index in [0.29, 0.717) is 12.4 Å². The molecule has 106 valence electrons. The van der Waals surface area contributed by atoms with Gasteiger partial charge in [0.15, 0.2) is 5.82 Å². The van der Waals surface area contributed by atoms with Gasteiger partial charge >= 0.3 is 0 Å². The van der Waals surface area contributed by atoms with Crippen molar-refractivity contribution in [3.63, 3.8) is 0 Å². The van der Waals surface area contributed by atoms with Gasteiger partial charge in [-0.25, -0.2) is 0 Å². The summed E-state index contributed by atoms with van der Waals surface area (Å²) in [5.74, 6) is 0.517. The highest BCUT2D eigenvalue weighted by molar-refractivity contribution is 5.83. The molecule has 1 fully saturated rings.